The van der Waals surface area contributed by atoms with E-state index >= 15 is 0 Å². The predicted molar refractivity (Wildman–Crippen MR) is 86.8 cm³/mol. The molecule has 0 radical (unpaired) electrons. The van der Waals surface area contributed by atoms with Gasteiger partial charge in [-0.2, -0.15) is 0 Å². The van der Waals surface area contributed by atoms with Crippen LogP contribution < -0.4 is 4.74 Å². The quantitative estimate of drug-likeness (QED) is 0.757. The van der Waals surface area contributed by atoms with E-state index in [-0.39, 0.29) is 5.41 Å². The fourth-order valence-electron chi connectivity index (χ4n) is 3.84. The van der Waals surface area contributed by atoms with E-state index in [1.165, 1.54) is 18.4 Å². The highest BCUT2D eigenvalue weighted by Gasteiger charge is 2.40. The van der Waals surface area contributed by atoms with Crippen LogP contribution in [-0.2, 0) is 11.2 Å². The molecule has 116 valence electrons. The number of aryl methyl sites for hydroxylation is 1. The van der Waals surface area contributed by atoms with Crippen LogP contribution in [0.5, 0.6) is 5.75 Å². The molecule has 1 fully saturated rings. The van der Waals surface area contributed by atoms with Crippen LogP contribution in [0.2, 0.25) is 0 Å². The van der Waals surface area contributed by atoms with Gasteiger partial charge in [0.15, 0.2) is 0 Å². The Morgan fingerprint density at radius 1 is 1.29 bits per heavy atom. The van der Waals surface area contributed by atoms with Crippen molar-refractivity contribution in [1.29, 1.82) is 0 Å². The average Bonchev–Trinajstić information content (AvgIpc) is 2.88. The minimum Gasteiger partial charge on any atom is -0.496 e. The Labute approximate surface area is 128 Å². The van der Waals surface area contributed by atoms with E-state index in [0.29, 0.717) is 18.1 Å². The maximum absolute atomic E-state index is 13.0. The lowest BCUT2D eigenvalue weighted by Crippen LogP contribution is -2.31. The summed E-state index contributed by atoms with van der Waals surface area (Å²) < 4.78 is 5.43. The van der Waals surface area contributed by atoms with Crippen molar-refractivity contribution in [2.24, 2.45) is 11.3 Å². The molecule has 0 atom stereocenters. The lowest BCUT2D eigenvalue weighted by molar-refractivity contribution is -0.128. The number of carbonyl (C=O) groups is 1. The molecule has 0 N–H and O–H groups in total. The number of methoxy groups -OCH3 is 1. The Morgan fingerprint density at radius 2 is 1.95 bits per heavy atom. The molecule has 0 spiro atoms. The van der Waals surface area contributed by atoms with Crippen LogP contribution in [0, 0.1) is 18.3 Å². The Bertz CT molecular complexity index is 496. The van der Waals surface area contributed by atoms with Crippen molar-refractivity contribution >= 4 is 5.78 Å². The van der Waals surface area contributed by atoms with Gasteiger partial charge in [0.25, 0.3) is 0 Å². The first kappa shape index (κ1) is 16.1. The number of hydrogen-bond donors (Lipinski definition) is 0. The van der Waals surface area contributed by atoms with Crippen LogP contribution in [0.4, 0.5) is 0 Å². The van der Waals surface area contributed by atoms with Crippen molar-refractivity contribution in [3.63, 3.8) is 0 Å². The summed E-state index contributed by atoms with van der Waals surface area (Å²) in [4.78, 5) is 13.0. The highest BCUT2D eigenvalue weighted by molar-refractivity contribution is 5.87. The fourth-order valence-corrected chi connectivity index (χ4v) is 3.84. The van der Waals surface area contributed by atoms with Crippen molar-refractivity contribution in [2.75, 3.05) is 7.11 Å². The topological polar surface area (TPSA) is 26.3 Å². The highest BCUT2D eigenvalue weighted by Crippen LogP contribution is 2.45. The number of rotatable bonds is 6. The Balaban J connectivity index is 2.21. The summed E-state index contributed by atoms with van der Waals surface area (Å²) in [6.07, 6.45) is 6.07. The molecule has 0 heterocycles. The Morgan fingerprint density at radius 3 is 2.52 bits per heavy atom. The first-order valence-corrected chi connectivity index (χ1v) is 8.14. The van der Waals surface area contributed by atoms with E-state index in [2.05, 4.69) is 26.8 Å². The van der Waals surface area contributed by atoms with E-state index in [0.717, 1.165) is 30.6 Å². The van der Waals surface area contributed by atoms with Gasteiger partial charge in [-0.15, -0.1) is 0 Å². The lowest BCUT2D eigenvalue weighted by atomic mass is 9.73. The SMILES string of the molecule is COc1ccc(C)cc1CC(=O)C1(CC(C)C)CCCC1. The predicted octanol–water partition coefficient (Wildman–Crippen LogP) is 4.72. The number of benzene rings is 1. The summed E-state index contributed by atoms with van der Waals surface area (Å²) in [6, 6.07) is 6.10. The second kappa shape index (κ2) is 6.64. The minimum absolute atomic E-state index is 0.0804. The second-order valence-corrected chi connectivity index (χ2v) is 7.00. The van der Waals surface area contributed by atoms with Crippen LogP contribution in [-0.4, -0.2) is 12.9 Å². The van der Waals surface area contributed by atoms with Crippen LogP contribution >= 0.6 is 0 Å². The van der Waals surface area contributed by atoms with Crippen molar-refractivity contribution in [1.82, 2.24) is 0 Å². The van der Waals surface area contributed by atoms with Gasteiger partial charge in [0, 0.05) is 17.4 Å². The molecule has 1 aromatic rings. The minimum atomic E-state index is -0.0804. The van der Waals surface area contributed by atoms with Gasteiger partial charge < -0.3 is 4.74 Å². The third kappa shape index (κ3) is 3.66. The zero-order chi connectivity index (χ0) is 15.5. The maximum atomic E-state index is 13.0. The molecule has 2 heteroatoms. The summed E-state index contributed by atoms with van der Waals surface area (Å²) in [5.41, 5.74) is 2.14. The van der Waals surface area contributed by atoms with E-state index in [1.807, 2.05) is 12.1 Å². The van der Waals surface area contributed by atoms with Crippen LogP contribution in [0.15, 0.2) is 18.2 Å². The van der Waals surface area contributed by atoms with Crippen molar-refractivity contribution in [3.05, 3.63) is 29.3 Å². The standard InChI is InChI=1S/C19H28O2/c1-14(2)13-19(9-5-6-10-19)18(20)12-16-11-15(3)7-8-17(16)21-4/h7-8,11,14H,5-6,9-10,12-13H2,1-4H3. The first-order valence-electron chi connectivity index (χ1n) is 8.14. The van der Waals surface area contributed by atoms with Gasteiger partial charge >= 0.3 is 0 Å². The van der Waals surface area contributed by atoms with E-state index < -0.39 is 0 Å². The summed E-state index contributed by atoms with van der Waals surface area (Å²) in [6.45, 7) is 6.51. The molecule has 2 nitrogen and oxygen atoms in total. The average molecular weight is 288 g/mol. The van der Waals surface area contributed by atoms with E-state index in [9.17, 15) is 4.79 Å². The lowest BCUT2D eigenvalue weighted by Gasteiger charge is -2.29. The van der Waals surface area contributed by atoms with Crippen LogP contribution in [0.25, 0.3) is 0 Å². The molecule has 0 aromatic heterocycles. The molecule has 0 unspecified atom stereocenters. The number of carbonyl (C=O) groups excluding carboxylic acids is 1. The number of ketones is 1. The number of hydrogen-bond acceptors (Lipinski definition) is 2. The third-order valence-electron chi connectivity index (χ3n) is 4.74. The molecule has 0 bridgehead atoms. The van der Waals surface area contributed by atoms with Crippen LogP contribution in [0.1, 0.15) is 57.1 Å². The van der Waals surface area contributed by atoms with Gasteiger partial charge in [-0.1, -0.05) is 44.4 Å². The van der Waals surface area contributed by atoms with Gasteiger partial charge in [0.05, 0.1) is 7.11 Å². The largest absolute Gasteiger partial charge is 0.496 e. The summed E-state index contributed by atoms with van der Waals surface area (Å²) in [5, 5.41) is 0. The molecule has 0 aliphatic heterocycles. The Kier molecular flexibility index (Phi) is 5.08. The highest BCUT2D eigenvalue weighted by atomic mass is 16.5. The summed E-state index contributed by atoms with van der Waals surface area (Å²) in [7, 11) is 1.68. The molecule has 1 saturated carbocycles. The molecule has 0 saturated heterocycles. The van der Waals surface area contributed by atoms with Gasteiger partial charge in [-0.3, -0.25) is 4.79 Å². The van der Waals surface area contributed by atoms with Crippen molar-refractivity contribution in [2.45, 2.75) is 59.3 Å². The first-order chi connectivity index (χ1) is 9.97. The zero-order valence-electron chi connectivity index (χ0n) is 13.9. The Hall–Kier alpha value is -1.31. The third-order valence-corrected chi connectivity index (χ3v) is 4.74. The van der Waals surface area contributed by atoms with Crippen molar-refractivity contribution < 1.29 is 9.53 Å². The fraction of sp³-hybridized carbons (Fsp3) is 0.632. The molecule has 1 aliphatic carbocycles. The molecule has 1 aliphatic rings. The van der Waals surface area contributed by atoms with Crippen LogP contribution in [0.3, 0.4) is 0 Å². The number of ether oxygens (including phenoxy) is 1. The summed E-state index contributed by atoms with van der Waals surface area (Å²) in [5.74, 6) is 1.83. The molecular formula is C19H28O2. The molecule has 2 rings (SSSR count). The van der Waals surface area contributed by atoms with Gasteiger partial charge in [0.1, 0.15) is 11.5 Å². The van der Waals surface area contributed by atoms with Gasteiger partial charge in [0.2, 0.25) is 0 Å². The number of Topliss-reactive ketones (excluding diaryl/α,β-unsaturated/α-hetero) is 1. The normalized spacial score (nSPS) is 17.2. The van der Waals surface area contributed by atoms with Crippen molar-refractivity contribution in [3.8, 4) is 5.75 Å². The van der Waals surface area contributed by atoms with E-state index in [4.69, 9.17) is 4.74 Å². The maximum Gasteiger partial charge on any atom is 0.143 e. The monoisotopic (exact) mass is 288 g/mol. The molecular weight excluding hydrogens is 260 g/mol. The second-order valence-electron chi connectivity index (χ2n) is 7.00. The van der Waals surface area contributed by atoms with Gasteiger partial charge in [-0.05, 0) is 38.2 Å². The summed E-state index contributed by atoms with van der Waals surface area (Å²) >= 11 is 0. The molecule has 1 aromatic carbocycles. The smallest absolute Gasteiger partial charge is 0.143 e. The molecule has 21 heavy (non-hydrogen) atoms. The molecule has 0 amide bonds. The van der Waals surface area contributed by atoms with Gasteiger partial charge in [-0.25, -0.2) is 0 Å². The zero-order valence-corrected chi connectivity index (χ0v) is 13.9. The van der Waals surface area contributed by atoms with E-state index in [1.54, 1.807) is 7.11 Å².